The van der Waals surface area contributed by atoms with Gasteiger partial charge in [-0.1, -0.05) is 54.6 Å². The number of hydrogen-bond donors (Lipinski definition) is 1. The number of aliphatic hydroxyl groups is 1. The molecule has 0 aromatic heterocycles. The summed E-state index contributed by atoms with van der Waals surface area (Å²) in [5.41, 5.74) is -2.38. The molecule has 122 valence electrons. The van der Waals surface area contributed by atoms with Gasteiger partial charge in [-0.2, -0.15) is 13.2 Å². The van der Waals surface area contributed by atoms with Gasteiger partial charge in [0.2, 0.25) is 5.60 Å². The van der Waals surface area contributed by atoms with Crippen LogP contribution >= 0.6 is 0 Å². The molecule has 5 heteroatoms. The molecule has 0 aliphatic rings. The topological polar surface area (TPSA) is 23.5 Å². The van der Waals surface area contributed by atoms with Crippen LogP contribution in [0.15, 0.2) is 60.7 Å². The zero-order valence-electron chi connectivity index (χ0n) is 12.9. The van der Waals surface area contributed by atoms with Crippen LogP contribution in [0.1, 0.15) is 11.1 Å². The first-order valence-corrected chi connectivity index (χ1v) is 7.06. The first kappa shape index (κ1) is 17.1. The minimum Gasteiger partial charge on any atom is -0.377 e. The molecule has 1 unspecified atom stereocenters. The van der Waals surface area contributed by atoms with Crippen LogP contribution in [0, 0.1) is 0 Å². The summed E-state index contributed by atoms with van der Waals surface area (Å²) in [6.45, 7) is 0. The molecule has 0 amide bonds. The first-order chi connectivity index (χ1) is 10.8. The van der Waals surface area contributed by atoms with E-state index in [1.807, 2.05) is 0 Å². The van der Waals surface area contributed by atoms with Gasteiger partial charge < -0.3 is 10.0 Å². The maximum absolute atomic E-state index is 13.6. The summed E-state index contributed by atoms with van der Waals surface area (Å²) in [6, 6.07) is 14.5. The van der Waals surface area contributed by atoms with Gasteiger partial charge in [-0.3, -0.25) is 0 Å². The summed E-state index contributed by atoms with van der Waals surface area (Å²) in [5.74, 6) is 0. The fourth-order valence-electron chi connectivity index (χ4n) is 2.30. The molecule has 23 heavy (non-hydrogen) atoms. The second-order valence-corrected chi connectivity index (χ2v) is 5.42. The van der Waals surface area contributed by atoms with Crippen molar-refractivity contribution in [3.63, 3.8) is 0 Å². The Morgan fingerprint density at radius 1 is 0.913 bits per heavy atom. The maximum atomic E-state index is 13.6. The third-order valence-corrected chi connectivity index (χ3v) is 3.55. The highest BCUT2D eigenvalue weighted by Gasteiger charge is 2.54. The third-order valence-electron chi connectivity index (χ3n) is 3.55. The Morgan fingerprint density at radius 2 is 1.48 bits per heavy atom. The molecule has 2 rings (SSSR count). The quantitative estimate of drug-likeness (QED) is 0.911. The molecule has 0 heterocycles. The van der Waals surface area contributed by atoms with Gasteiger partial charge in [-0.05, 0) is 17.7 Å². The van der Waals surface area contributed by atoms with Crippen LogP contribution in [0.2, 0.25) is 0 Å². The SMILES string of the molecule is CN(C)c1ccccc1C(O)(C=Cc1ccccc1)C(F)(F)F. The van der Waals surface area contributed by atoms with Crippen molar-refractivity contribution in [2.75, 3.05) is 19.0 Å². The van der Waals surface area contributed by atoms with Crippen molar-refractivity contribution in [3.8, 4) is 0 Å². The van der Waals surface area contributed by atoms with Crippen LogP contribution in [0.4, 0.5) is 18.9 Å². The highest BCUT2D eigenvalue weighted by molar-refractivity contribution is 5.60. The number of halogens is 3. The van der Waals surface area contributed by atoms with Crippen molar-refractivity contribution in [2.45, 2.75) is 11.8 Å². The summed E-state index contributed by atoms with van der Waals surface area (Å²) >= 11 is 0. The van der Waals surface area contributed by atoms with E-state index in [4.69, 9.17) is 0 Å². The van der Waals surface area contributed by atoms with Crippen LogP contribution in [0.5, 0.6) is 0 Å². The molecule has 0 spiro atoms. The van der Waals surface area contributed by atoms with Gasteiger partial charge in [-0.25, -0.2) is 0 Å². The Morgan fingerprint density at radius 3 is 2.04 bits per heavy atom. The molecule has 1 atom stereocenters. The van der Waals surface area contributed by atoms with Crippen molar-refractivity contribution >= 4 is 11.8 Å². The van der Waals surface area contributed by atoms with Crippen LogP contribution in [-0.2, 0) is 5.60 Å². The molecule has 2 nitrogen and oxygen atoms in total. The van der Waals surface area contributed by atoms with Gasteiger partial charge in [0.15, 0.2) is 0 Å². The molecule has 0 fully saturated rings. The normalized spacial score (nSPS) is 14.7. The van der Waals surface area contributed by atoms with Crippen LogP contribution in [0.3, 0.4) is 0 Å². The van der Waals surface area contributed by atoms with E-state index in [2.05, 4.69) is 0 Å². The smallest absolute Gasteiger partial charge is 0.377 e. The van der Waals surface area contributed by atoms with E-state index in [-0.39, 0.29) is 5.56 Å². The lowest BCUT2D eigenvalue weighted by atomic mass is 9.90. The van der Waals surface area contributed by atoms with Crippen LogP contribution in [0.25, 0.3) is 6.08 Å². The summed E-state index contributed by atoms with van der Waals surface area (Å²) in [7, 11) is 3.27. The van der Waals surface area contributed by atoms with Gasteiger partial charge in [0.05, 0.1) is 0 Å². The minimum atomic E-state index is -4.84. The lowest BCUT2D eigenvalue weighted by Gasteiger charge is -2.31. The first-order valence-electron chi connectivity index (χ1n) is 7.06. The highest BCUT2D eigenvalue weighted by atomic mass is 19.4. The van der Waals surface area contributed by atoms with Gasteiger partial charge in [0.1, 0.15) is 0 Å². The van der Waals surface area contributed by atoms with E-state index in [0.717, 1.165) is 6.08 Å². The Bertz CT molecular complexity index is 680. The van der Waals surface area contributed by atoms with E-state index in [0.29, 0.717) is 11.3 Å². The summed E-state index contributed by atoms with van der Waals surface area (Å²) in [5, 5.41) is 10.5. The standard InChI is InChI=1S/C18H18F3NO/c1-22(2)16-11-7-6-10-15(16)17(23,18(19,20)21)13-12-14-8-4-3-5-9-14/h3-13,23H,1-2H3. The van der Waals surface area contributed by atoms with Crippen molar-refractivity contribution < 1.29 is 18.3 Å². The van der Waals surface area contributed by atoms with E-state index in [1.165, 1.54) is 18.2 Å². The summed E-state index contributed by atoms with van der Waals surface area (Å²) in [6.07, 6.45) is -2.77. The predicted molar refractivity (Wildman–Crippen MR) is 86.2 cm³/mol. The van der Waals surface area contributed by atoms with Crippen LogP contribution in [-0.4, -0.2) is 25.4 Å². The van der Waals surface area contributed by atoms with E-state index < -0.39 is 11.8 Å². The molecule has 2 aromatic rings. The Balaban J connectivity index is 2.56. The summed E-state index contributed by atoms with van der Waals surface area (Å²) < 4.78 is 40.8. The number of benzene rings is 2. The number of rotatable bonds is 4. The van der Waals surface area contributed by atoms with E-state index >= 15 is 0 Å². The number of alkyl halides is 3. The average Bonchev–Trinajstić information content (AvgIpc) is 2.52. The Kier molecular flexibility index (Phi) is 4.80. The van der Waals surface area contributed by atoms with Gasteiger partial charge in [0, 0.05) is 25.3 Å². The fourth-order valence-corrected chi connectivity index (χ4v) is 2.30. The molecule has 0 bridgehead atoms. The Labute approximate surface area is 133 Å². The molecule has 0 saturated heterocycles. The zero-order chi connectivity index (χ0) is 17.1. The van der Waals surface area contributed by atoms with E-state index in [9.17, 15) is 18.3 Å². The van der Waals surface area contributed by atoms with Crippen molar-refractivity contribution in [1.82, 2.24) is 0 Å². The number of para-hydroxylation sites is 1. The molecule has 0 radical (unpaired) electrons. The minimum absolute atomic E-state index is 0.204. The van der Waals surface area contributed by atoms with Gasteiger partial charge in [-0.15, -0.1) is 0 Å². The molecule has 0 aliphatic carbocycles. The molecular weight excluding hydrogens is 303 g/mol. The van der Waals surface area contributed by atoms with Crippen LogP contribution < -0.4 is 4.90 Å². The lowest BCUT2D eigenvalue weighted by Crippen LogP contribution is -2.41. The predicted octanol–water partition coefficient (Wildman–Crippen LogP) is 4.22. The second-order valence-electron chi connectivity index (χ2n) is 5.42. The average molecular weight is 321 g/mol. The molecular formula is C18H18F3NO. The Hall–Kier alpha value is -2.27. The summed E-state index contributed by atoms with van der Waals surface area (Å²) in [4.78, 5) is 1.54. The highest BCUT2D eigenvalue weighted by Crippen LogP contribution is 2.43. The number of hydrogen-bond acceptors (Lipinski definition) is 2. The molecule has 1 N–H and O–H groups in total. The number of nitrogens with zero attached hydrogens (tertiary/aromatic N) is 1. The van der Waals surface area contributed by atoms with Gasteiger partial charge >= 0.3 is 6.18 Å². The number of anilines is 1. The largest absolute Gasteiger partial charge is 0.425 e. The van der Waals surface area contributed by atoms with Gasteiger partial charge in [0.25, 0.3) is 0 Å². The van der Waals surface area contributed by atoms with E-state index in [1.54, 1.807) is 61.5 Å². The van der Waals surface area contributed by atoms with Crippen molar-refractivity contribution in [3.05, 3.63) is 71.8 Å². The van der Waals surface area contributed by atoms with Crippen molar-refractivity contribution in [2.24, 2.45) is 0 Å². The zero-order valence-corrected chi connectivity index (χ0v) is 12.9. The third kappa shape index (κ3) is 3.56. The second kappa shape index (κ2) is 6.46. The lowest BCUT2D eigenvalue weighted by molar-refractivity contribution is -0.244. The molecule has 2 aromatic carbocycles. The molecule has 0 aliphatic heterocycles. The monoisotopic (exact) mass is 321 g/mol. The molecule has 0 saturated carbocycles. The fraction of sp³-hybridized carbons (Fsp3) is 0.222. The maximum Gasteiger partial charge on any atom is 0.425 e. The van der Waals surface area contributed by atoms with Crippen molar-refractivity contribution in [1.29, 1.82) is 0 Å².